The summed E-state index contributed by atoms with van der Waals surface area (Å²) in [5.74, 6) is -2.29. The molecule has 2 aliphatic heterocycles. The Morgan fingerprint density at radius 1 is 0.792 bits per heavy atom. The van der Waals surface area contributed by atoms with E-state index in [-0.39, 0.29) is 38.4 Å². The van der Waals surface area contributed by atoms with E-state index in [2.05, 4.69) is 53.6 Å². The van der Waals surface area contributed by atoms with Gasteiger partial charge in [0.2, 0.25) is 0 Å². The maximum Gasteiger partial charge on any atom is 0.410 e. The molecule has 0 bridgehead atoms. The number of anilines is 2. The number of carbonyl (C=O) groups excluding carboxylic acids is 3. The minimum Gasteiger partial charge on any atom is -0.444 e. The lowest BCUT2D eigenvalue weighted by Crippen LogP contribution is -2.46. The van der Waals surface area contributed by atoms with Gasteiger partial charge in [0.1, 0.15) is 27.5 Å². The predicted octanol–water partition coefficient (Wildman–Crippen LogP) is 8.66. The van der Waals surface area contributed by atoms with E-state index in [1.54, 1.807) is 11.0 Å². The number of hydrogen-bond donors (Lipinski definition) is 3. The second-order valence-electron chi connectivity index (χ2n) is 15.3. The summed E-state index contributed by atoms with van der Waals surface area (Å²) in [5.41, 5.74) is 4.69. The molecule has 0 saturated carbocycles. The molecule has 3 N–H and O–H groups in total. The molecule has 53 heavy (non-hydrogen) atoms. The van der Waals surface area contributed by atoms with Crippen molar-refractivity contribution in [3.05, 3.63) is 116 Å². The summed E-state index contributed by atoms with van der Waals surface area (Å²) in [6.07, 6.45) is 1.55. The van der Waals surface area contributed by atoms with Gasteiger partial charge >= 0.3 is 6.09 Å². The van der Waals surface area contributed by atoms with Crippen LogP contribution in [0.15, 0.2) is 60.9 Å². The van der Waals surface area contributed by atoms with Crippen molar-refractivity contribution in [2.45, 2.75) is 78.0 Å². The molecule has 0 fully saturated rings. The average Bonchev–Trinajstić information content (AvgIpc) is 3.05. The number of fused-ring (bicyclic) bond motifs is 2. The normalized spacial score (nSPS) is 15.6. The first-order chi connectivity index (χ1) is 24.7. The van der Waals surface area contributed by atoms with E-state index in [0.717, 1.165) is 54.3 Å². The Kier molecular flexibility index (Phi) is 11.5. The lowest BCUT2D eigenvalue weighted by atomic mass is 9.78. The molecule has 2 aromatic heterocycles. The van der Waals surface area contributed by atoms with Gasteiger partial charge in [-0.2, -0.15) is 0 Å². The fraction of sp³-hybridized carbons (Fsp3) is 0.359. The SMILES string of the molecule is CC(C)(C)OC(=O)N1Cc2cc(NC(=O)c3cc(F)cnc3Cl)ccc2C(C)(C)C1.CC1(C)CNCc2cc(NC(=O)c3cc(F)cnc3Cl)ccc21. The van der Waals surface area contributed by atoms with Gasteiger partial charge in [0.25, 0.3) is 11.8 Å². The third-order valence-electron chi connectivity index (χ3n) is 8.77. The summed E-state index contributed by atoms with van der Waals surface area (Å²) in [6.45, 7) is 16.5. The molecular weight excluding hydrogens is 725 g/mol. The fourth-order valence-electron chi connectivity index (χ4n) is 6.39. The van der Waals surface area contributed by atoms with E-state index in [1.807, 2.05) is 51.1 Å². The van der Waals surface area contributed by atoms with Gasteiger partial charge in [-0.1, -0.05) is 63.0 Å². The topological polar surface area (TPSA) is 126 Å². The van der Waals surface area contributed by atoms with Crippen LogP contribution in [0.25, 0.3) is 0 Å². The van der Waals surface area contributed by atoms with Crippen LogP contribution in [-0.4, -0.2) is 51.5 Å². The molecule has 4 aromatic rings. The highest BCUT2D eigenvalue weighted by molar-refractivity contribution is 6.33. The first-order valence-corrected chi connectivity index (χ1v) is 17.7. The van der Waals surface area contributed by atoms with Crippen LogP contribution in [0.3, 0.4) is 0 Å². The highest BCUT2D eigenvalue weighted by Gasteiger charge is 2.36. The van der Waals surface area contributed by atoms with Gasteiger partial charge in [0.05, 0.1) is 23.5 Å². The maximum atomic E-state index is 13.4. The number of amides is 3. The molecule has 0 radical (unpaired) electrons. The quantitative estimate of drug-likeness (QED) is 0.178. The third kappa shape index (κ3) is 9.67. The van der Waals surface area contributed by atoms with Crippen LogP contribution < -0.4 is 16.0 Å². The lowest BCUT2D eigenvalue weighted by molar-refractivity contribution is 0.0174. The Hall–Kier alpha value is -4.65. The number of rotatable bonds is 4. The summed E-state index contributed by atoms with van der Waals surface area (Å²) in [5, 5.41) is 8.73. The summed E-state index contributed by atoms with van der Waals surface area (Å²) in [7, 11) is 0. The number of halogens is 4. The van der Waals surface area contributed by atoms with E-state index in [9.17, 15) is 23.2 Å². The van der Waals surface area contributed by atoms with Crippen LogP contribution in [0.4, 0.5) is 25.0 Å². The van der Waals surface area contributed by atoms with Crippen LogP contribution in [0.1, 0.15) is 91.4 Å². The maximum absolute atomic E-state index is 13.4. The summed E-state index contributed by atoms with van der Waals surface area (Å²) >= 11 is 11.8. The number of hydrogen-bond acceptors (Lipinski definition) is 7. The number of nitrogens with one attached hydrogen (secondary N) is 3. The Labute approximate surface area is 317 Å². The monoisotopic (exact) mass is 766 g/mol. The Morgan fingerprint density at radius 2 is 1.28 bits per heavy atom. The minimum atomic E-state index is -0.648. The van der Waals surface area contributed by atoms with E-state index in [1.165, 1.54) is 5.56 Å². The number of pyridine rings is 2. The van der Waals surface area contributed by atoms with Crippen molar-refractivity contribution < 1.29 is 27.9 Å². The number of carbonyl (C=O) groups is 3. The zero-order chi connectivity index (χ0) is 38.9. The minimum absolute atomic E-state index is 0.0165. The van der Waals surface area contributed by atoms with Crippen molar-refractivity contribution in [1.82, 2.24) is 20.2 Å². The van der Waals surface area contributed by atoms with Gasteiger partial charge in [0.15, 0.2) is 0 Å². The molecule has 4 heterocycles. The molecule has 0 spiro atoms. The van der Waals surface area contributed by atoms with Crippen molar-refractivity contribution in [2.24, 2.45) is 0 Å². The number of benzene rings is 2. The zero-order valence-electron chi connectivity index (χ0n) is 30.6. The van der Waals surface area contributed by atoms with Crippen LogP contribution in [-0.2, 0) is 28.7 Å². The van der Waals surface area contributed by atoms with E-state index in [0.29, 0.717) is 24.5 Å². The smallest absolute Gasteiger partial charge is 0.410 e. The van der Waals surface area contributed by atoms with Crippen molar-refractivity contribution in [2.75, 3.05) is 23.7 Å². The number of aromatic nitrogens is 2. The predicted molar refractivity (Wildman–Crippen MR) is 202 cm³/mol. The van der Waals surface area contributed by atoms with E-state index < -0.39 is 29.0 Å². The van der Waals surface area contributed by atoms with Crippen LogP contribution in [0, 0.1) is 11.6 Å². The first kappa shape index (κ1) is 39.6. The summed E-state index contributed by atoms with van der Waals surface area (Å²) in [6, 6.07) is 13.4. The number of nitrogens with zero attached hydrogens (tertiary/aromatic N) is 3. The van der Waals surface area contributed by atoms with Gasteiger partial charge in [-0.3, -0.25) is 9.59 Å². The Bertz CT molecular complexity index is 2070. The second kappa shape index (κ2) is 15.4. The molecule has 3 amide bonds. The largest absolute Gasteiger partial charge is 0.444 e. The molecule has 0 atom stereocenters. The summed E-state index contributed by atoms with van der Waals surface area (Å²) < 4.78 is 32.2. The highest BCUT2D eigenvalue weighted by Crippen LogP contribution is 2.36. The van der Waals surface area contributed by atoms with Crippen molar-refractivity contribution >= 4 is 52.5 Å². The molecule has 2 aromatic carbocycles. The highest BCUT2D eigenvalue weighted by atomic mass is 35.5. The van der Waals surface area contributed by atoms with Crippen LogP contribution >= 0.6 is 23.2 Å². The van der Waals surface area contributed by atoms with Crippen molar-refractivity contribution in [3.8, 4) is 0 Å². The molecular formula is C39H42Cl2F2N6O4. The molecule has 14 heteroatoms. The fourth-order valence-corrected chi connectivity index (χ4v) is 6.76. The third-order valence-corrected chi connectivity index (χ3v) is 9.37. The lowest BCUT2D eigenvalue weighted by Gasteiger charge is -2.40. The van der Waals surface area contributed by atoms with E-state index in [4.69, 9.17) is 27.9 Å². The van der Waals surface area contributed by atoms with Crippen LogP contribution in [0.2, 0.25) is 10.3 Å². The summed E-state index contributed by atoms with van der Waals surface area (Å²) in [4.78, 5) is 46.4. The average molecular weight is 768 g/mol. The van der Waals surface area contributed by atoms with Gasteiger partial charge in [-0.15, -0.1) is 0 Å². The molecule has 0 saturated heterocycles. The second-order valence-corrected chi connectivity index (χ2v) is 16.1. The molecule has 6 rings (SSSR count). The standard InChI is InChI=1S/C22H25ClFN3O3.C17H17ClFN3O/c1-21(2,3)30-20(29)27-11-13-8-15(6-7-17(13)22(4,5)12-27)26-19(28)16-9-14(24)10-25-18(16)23;1-17(2)9-20-7-10-5-12(3-4-14(10)17)22-16(23)13-6-11(19)8-21-15(13)18/h6-10H,11-12H2,1-5H3,(H,26,28);3-6,8,20H,7,9H2,1-2H3,(H,22,23). The molecule has 2 aliphatic rings. The van der Waals surface area contributed by atoms with Gasteiger partial charge in [0, 0.05) is 48.4 Å². The molecule has 0 unspecified atom stereocenters. The van der Waals surface area contributed by atoms with Gasteiger partial charge < -0.3 is 25.6 Å². The van der Waals surface area contributed by atoms with Crippen molar-refractivity contribution in [1.29, 1.82) is 0 Å². The number of ether oxygens (including phenoxy) is 1. The van der Waals surface area contributed by atoms with Crippen molar-refractivity contribution in [3.63, 3.8) is 0 Å². The molecule has 0 aliphatic carbocycles. The van der Waals surface area contributed by atoms with Gasteiger partial charge in [-0.05, 0) is 79.4 Å². The van der Waals surface area contributed by atoms with Gasteiger partial charge in [-0.25, -0.2) is 23.5 Å². The molecule has 280 valence electrons. The first-order valence-electron chi connectivity index (χ1n) is 16.9. The van der Waals surface area contributed by atoms with E-state index >= 15 is 0 Å². The molecule has 10 nitrogen and oxygen atoms in total. The Balaban J connectivity index is 0.000000211. The van der Waals surface area contributed by atoms with Crippen LogP contribution in [0.5, 0.6) is 0 Å². The Morgan fingerprint density at radius 3 is 1.79 bits per heavy atom. The zero-order valence-corrected chi connectivity index (χ0v) is 32.1.